The Balaban J connectivity index is 2.06. The summed E-state index contributed by atoms with van der Waals surface area (Å²) in [5.74, 6) is -0.641. The van der Waals surface area contributed by atoms with E-state index >= 15 is 0 Å². The maximum absolute atomic E-state index is 12.7. The Kier molecular flexibility index (Phi) is 3.58. The number of carbonyl (C=O) groups excluding carboxylic acids is 1. The number of hydrogen-bond donors (Lipinski definition) is 2. The van der Waals surface area contributed by atoms with Crippen LogP contribution in [-0.2, 0) is 9.53 Å². The van der Waals surface area contributed by atoms with Crippen LogP contribution in [-0.4, -0.2) is 25.2 Å². The lowest BCUT2D eigenvalue weighted by molar-refractivity contribution is -0.119. The molecule has 0 spiro atoms. The molecular weight excluding hydrogens is 223 g/mol. The molecule has 1 aliphatic rings. The minimum absolute atomic E-state index is 0.0811. The first-order chi connectivity index (χ1) is 8.16. The first-order valence-corrected chi connectivity index (χ1v) is 5.56. The third-order valence-corrected chi connectivity index (χ3v) is 2.91. The standard InChI is InChI=1S/C12H15FN2O2/c13-9-1-3-10(4-2-9)15-11(12(14)16)8-5-6-17-7-8/h1-4,8,11,15H,5-7H2,(H2,14,16). The van der Waals surface area contributed by atoms with Crippen molar-refractivity contribution in [3.63, 3.8) is 0 Å². The van der Waals surface area contributed by atoms with Crippen LogP contribution in [0.2, 0.25) is 0 Å². The van der Waals surface area contributed by atoms with Crippen molar-refractivity contribution in [1.29, 1.82) is 0 Å². The second kappa shape index (κ2) is 5.14. The van der Waals surface area contributed by atoms with Crippen molar-refractivity contribution >= 4 is 11.6 Å². The first kappa shape index (κ1) is 11.9. The molecule has 0 aliphatic carbocycles. The van der Waals surface area contributed by atoms with Gasteiger partial charge in [0.05, 0.1) is 6.61 Å². The number of carbonyl (C=O) groups is 1. The van der Waals surface area contributed by atoms with Gasteiger partial charge in [-0.15, -0.1) is 0 Å². The van der Waals surface area contributed by atoms with Crippen LogP contribution in [0.25, 0.3) is 0 Å². The third kappa shape index (κ3) is 2.94. The summed E-state index contributed by atoms with van der Waals surface area (Å²) in [7, 11) is 0. The Bertz CT molecular complexity index is 388. The Morgan fingerprint density at radius 3 is 2.71 bits per heavy atom. The zero-order valence-corrected chi connectivity index (χ0v) is 9.36. The number of hydrogen-bond acceptors (Lipinski definition) is 3. The van der Waals surface area contributed by atoms with Gasteiger partial charge in [0.2, 0.25) is 5.91 Å². The molecule has 1 heterocycles. The van der Waals surface area contributed by atoms with Crippen LogP contribution in [0.4, 0.5) is 10.1 Å². The predicted molar refractivity (Wildman–Crippen MR) is 61.9 cm³/mol. The van der Waals surface area contributed by atoms with Crippen molar-refractivity contribution in [2.45, 2.75) is 12.5 Å². The second-order valence-electron chi connectivity index (χ2n) is 4.15. The van der Waals surface area contributed by atoms with Crippen molar-refractivity contribution in [1.82, 2.24) is 0 Å². The molecular formula is C12H15FN2O2. The molecule has 0 bridgehead atoms. The number of amides is 1. The van der Waals surface area contributed by atoms with Gasteiger partial charge in [-0.05, 0) is 30.7 Å². The average molecular weight is 238 g/mol. The fourth-order valence-electron chi connectivity index (χ4n) is 1.96. The van der Waals surface area contributed by atoms with E-state index in [1.165, 1.54) is 12.1 Å². The number of nitrogens with two attached hydrogens (primary N) is 1. The molecule has 1 aromatic carbocycles. The lowest BCUT2D eigenvalue weighted by Crippen LogP contribution is -2.41. The van der Waals surface area contributed by atoms with Crippen LogP contribution < -0.4 is 11.1 Å². The van der Waals surface area contributed by atoms with Crippen LogP contribution in [0.15, 0.2) is 24.3 Å². The highest BCUT2D eigenvalue weighted by atomic mass is 19.1. The number of benzene rings is 1. The number of rotatable bonds is 4. The van der Waals surface area contributed by atoms with E-state index < -0.39 is 11.9 Å². The van der Waals surface area contributed by atoms with Gasteiger partial charge in [-0.3, -0.25) is 4.79 Å². The summed E-state index contributed by atoms with van der Waals surface area (Å²) in [4.78, 5) is 11.4. The maximum atomic E-state index is 12.7. The van der Waals surface area contributed by atoms with E-state index in [0.717, 1.165) is 6.42 Å². The fourth-order valence-corrected chi connectivity index (χ4v) is 1.96. The molecule has 0 aromatic heterocycles. The number of primary amides is 1. The van der Waals surface area contributed by atoms with E-state index in [2.05, 4.69) is 5.32 Å². The zero-order chi connectivity index (χ0) is 12.3. The summed E-state index contributed by atoms with van der Waals surface area (Å²) in [6, 6.07) is 5.38. The summed E-state index contributed by atoms with van der Waals surface area (Å²) in [6.45, 7) is 1.18. The molecule has 1 saturated heterocycles. The van der Waals surface area contributed by atoms with Gasteiger partial charge in [0.25, 0.3) is 0 Å². The summed E-state index contributed by atoms with van der Waals surface area (Å²) < 4.78 is 18.0. The Morgan fingerprint density at radius 2 is 2.18 bits per heavy atom. The lowest BCUT2D eigenvalue weighted by Gasteiger charge is -2.21. The van der Waals surface area contributed by atoms with E-state index in [-0.39, 0.29) is 11.7 Å². The van der Waals surface area contributed by atoms with Gasteiger partial charge in [-0.2, -0.15) is 0 Å². The Labute approximate surface area is 98.9 Å². The predicted octanol–water partition coefficient (Wildman–Crippen LogP) is 1.13. The molecule has 1 fully saturated rings. The Hall–Kier alpha value is -1.62. The first-order valence-electron chi connectivity index (χ1n) is 5.56. The van der Waals surface area contributed by atoms with Crippen molar-refractivity contribution in [2.75, 3.05) is 18.5 Å². The quantitative estimate of drug-likeness (QED) is 0.826. The largest absolute Gasteiger partial charge is 0.381 e. The van der Waals surface area contributed by atoms with Crippen LogP contribution in [0.3, 0.4) is 0 Å². The van der Waals surface area contributed by atoms with E-state index in [0.29, 0.717) is 18.9 Å². The number of ether oxygens (including phenoxy) is 1. The summed E-state index contributed by atoms with van der Waals surface area (Å²) in [5.41, 5.74) is 6.05. The fraction of sp³-hybridized carbons (Fsp3) is 0.417. The molecule has 1 aromatic rings. The molecule has 92 valence electrons. The minimum atomic E-state index is -0.469. The van der Waals surface area contributed by atoms with E-state index in [1.807, 2.05) is 0 Å². The normalized spacial score (nSPS) is 21.1. The van der Waals surface area contributed by atoms with Crippen molar-refractivity contribution in [2.24, 2.45) is 11.7 Å². The highest BCUT2D eigenvalue weighted by Crippen LogP contribution is 2.20. The van der Waals surface area contributed by atoms with Gasteiger partial charge < -0.3 is 15.8 Å². The molecule has 2 unspecified atom stereocenters. The molecule has 3 N–H and O–H groups in total. The van der Waals surface area contributed by atoms with Crippen LogP contribution in [0.5, 0.6) is 0 Å². The zero-order valence-electron chi connectivity index (χ0n) is 9.36. The highest BCUT2D eigenvalue weighted by Gasteiger charge is 2.29. The monoisotopic (exact) mass is 238 g/mol. The summed E-state index contributed by atoms with van der Waals surface area (Å²) in [5, 5.41) is 3.03. The van der Waals surface area contributed by atoms with Gasteiger partial charge >= 0.3 is 0 Å². The molecule has 2 atom stereocenters. The number of halogens is 1. The van der Waals surface area contributed by atoms with Crippen LogP contribution >= 0.6 is 0 Å². The maximum Gasteiger partial charge on any atom is 0.240 e. The molecule has 17 heavy (non-hydrogen) atoms. The lowest BCUT2D eigenvalue weighted by atomic mass is 9.98. The van der Waals surface area contributed by atoms with Crippen molar-refractivity contribution in [3.05, 3.63) is 30.1 Å². The van der Waals surface area contributed by atoms with Crippen LogP contribution in [0, 0.1) is 11.7 Å². The molecule has 5 heteroatoms. The van der Waals surface area contributed by atoms with Gasteiger partial charge in [0.1, 0.15) is 11.9 Å². The topological polar surface area (TPSA) is 64.4 Å². The van der Waals surface area contributed by atoms with Gasteiger partial charge in [-0.25, -0.2) is 4.39 Å². The average Bonchev–Trinajstić information content (AvgIpc) is 2.81. The van der Waals surface area contributed by atoms with Gasteiger partial charge in [0, 0.05) is 18.2 Å². The van der Waals surface area contributed by atoms with Gasteiger partial charge in [-0.1, -0.05) is 0 Å². The molecule has 0 saturated carbocycles. The van der Waals surface area contributed by atoms with E-state index in [4.69, 9.17) is 10.5 Å². The minimum Gasteiger partial charge on any atom is -0.381 e. The SMILES string of the molecule is NC(=O)C(Nc1ccc(F)cc1)C1CCOC1. The Morgan fingerprint density at radius 1 is 1.47 bits per heavy atom. The van der Waals surface area contributed by atoms with E-state index in [1.54, 1.807) is 12.1 Å². The van der Waals surface area contributed by atoms with Crippen molar-refractivity contribution in [3.8, 4) is 0 Å². The molecule has 1 amide bonds. The summed E-state index contributed by atoms with van der Waals surface area (Å²) >= 11 is 0. The molecule has 0 radical (unpaired) electrons. The second-order valence-corrected chi connectivity index (χ2v) is 4.15. The van der Waals surface area contributed by atoms with E-state index in [9.17, 15) is 9.18 Å². The molecule has 1 aliphatic heterocycles. The molecule has 2 rings (SSSR count). The summed E-state index contributed by atoms with van der Waals surface area (Å²) in [6.07, 6.45) is 0.807. The number of nitrogens with one attached hydrogen (secondary N) is 1. The smallest absolute Gasteiger partial charge is 0.240 e. The van der Waals surface area contributed by atoms with Gasteiger partial charge in [0.15, 0.2) is 0 Å². The number of anilines is 1. The third-order valence-electron chi connectivity index (χ3n) is 2.91. The van der Waals surface area contributed by atoms with Crippen LogP contribution in [0.1, 0.15) is 6.42 Å². The highest BCUT2D eigenvalue weighted by molar-refractivity contribution is 5.83. The van der Waals surface area contributed by atoms with Crippen molar-refractivity contribution < 1.29 is 13.9 Å². The molecule has 4 nitrogen and oxygen atoms in total.